The smallest absolute Gasteiger partial charge is 0.244 e. The first-order chi connectivity index (χ1) is 9.38. The van der Waals surface area contributed by atoms with E-state index < -0.39 is 10.0 Å². The lowest BCUT2D eigenvalue weighted by atomic mass is 10.3. The Labute approximate surface area is 121 Å². The van der Waals surface area contributed by atoms with Crippen LogP contribution in [0, 0.1) is 6.92 Å². The van der Waals surface area contributed by atoms with Gasteiger partial charge in [-0.15, -0.1) is 0 Å². The highest BCUT2D eigenvalue weighted by Crippen LogP contribution is 2.17. The minimum atomic E-state index is -3.52. The molecule has 7 nitrogen and oxygen atoms in total. The fourth-order valence-electron chi connectivity index (χ4n) is 1.81. The minimum Gasteiger partial charge on any atom is -0.311 e. The Morgan fingerprint density at radius 2 is 2.00 bits per heavy atom. The molecule has 0 aromatic carbocycles. The lowest BCUT2D eigenvalue weighted by Gasteiger charge is -2.11. The third kappa shape index (κ3) is 4.86. The molecule has 0 aliphatic carbocycles. The molecule has 1 rings (SSSR count). The van der Waals surface area contributed by atoms with Crippen LogP contribution in [0.1, 0.15) is 24.7 Å². The molecule has 0 radical (unpaired) electrons. The topological polar surface area (TPSA) is 90.1 Å². The first kappa shape index (κ1) is 17.1. The Hall–Kier alpha value is -0.960. The maximum absolute atomic E-state index is 12.3. The number of sulfonamides is 1. The Balaban J connectivity index is 2.79. The van der Waals surface area contributed by atoms with Crippen molar-refractivity contribution in [2.45, 2.75) is 31.7 Å². The van der Waals surface area contributed by atoms with Crippen LogP contribution in [0.25, 0.3) is 0 Å². The Morgan fingerprint density at radius 1 is 1.30 bits per heavy atom. The number of rotatable bonds is 9. The number of hydrogen-bond acceptors (Lipinski definition) is 5. The molecule has 0 saturated heterocycles. The Morgan fingerprint density at radius 3 is 2.60 bits per heavy atom. The number of H-pyrrole nitrogens is 1. The average molecular weight is 303 g/mol. The van der Waals surface area contributed by atoms with E-state index in [1.165, 1.54) is 0 Å². The van der Waals surface area contributed by atoms with Crippen molar-refractivity contribution in [3.8, 4) is 0 Å². The number of nitrogens with one attached hydrogen (secondary N) is 3. The first-order valence-electron chi connectivity index (χ1n) is 6.77. The van der Waals surface area contributed by atoms with Crippen LogP contribution in [0.15, 0.2) is 4.90 Å². The molecule has 8 heteroatoms. The van der Waals surface area contributed by atoms with E-state index in [0.717, 1.165) is 13.0 Å². The number of hydrogen-bond donors (Lipinski definition) is 3. The van der Waals surface area contributed by atoms with E-state index in [1.807, 2.05) is 19.0 Å². The molecule has 1 heterocycles. The zero-order chi connectivity index (χ0) is 15.2. The van der Waals surface area contributed by atoms with E-state index in [9.17, 15) is 8.42 Å². The van der Waals surface area contributed by atoms with Crippen molar-refractivity contribution >= 4 is 10.0 Å². The molecule has 0 bridgehead atoms. The monoisotopic (exact) mass is 303 g/mol. The van der Waals surface area contributed by atoms with Crippen molar-refractivity contribution in [1.82, 2.24) is 25.1 Å². The second-order valence-corrected chi connectivity index (χ2v) is 6.71. The van der Waals surface area contributed by atoms with E-state index in [-0.39, 0.29) is 4.90 Å². The van der Waals surface area contributed by atoms with Gasteiger partial charge in [0, 0.05) is 19.6 Å². The molecule has 0 atom stereocenters. The second-order valence-electron chi connectivity index (χ2n) is 5.00. The molecule has 0 aliphatic rings. The zero-order valence-corrected chi connectivity index (χ0v) is 13.5. The van der Waals surface area contributed by atoms with Crippen molar-refractivity contribution in [3.05, 3.63) is 11.4 Å². The number of aromatic amines is 1. The lowest BCUT2D eigenvalue weighted by molar-refractivity contribution is 0.412. The molecular weight excluding hydrogens is 278 g/mol. The van der Waals surface area contributed by atoms with E-state index in [4.69, 9.17) is 0 Å². The van der Waals surface area contributed by atoms with Gasteiger partial charge in [0.25, 0.3) is 0 Å². The molecule has 0 unspecified atom stereocenters. The van der Waals surface area contributed by atoms with Gasteiger partial charge in [0.2, 0.25) is 10.0 Å². The molecule has 20 heavy (non-hydrogen) atoms. The summed E-state index contributed by atoms with van der Waals surface area (Å²) in [6.45, 7) is 6.09. The Kier molecular flexibility index (Phi) is 6.60. The van der Waals surface area contributed by atoms with Gasteiger partial charge in [-0.05, 0) is 34.0 Å². The van der Waals surface area contributed by atoms with E-state index in [1.54, 1.807) is 6.92 Å². The molecule has 116 valence electrons. The molecular formula is C12H25N5O2S. The fourth-order valence-corrected chi connectivity index (χ4v) is 3.19. The van der Waals surface area contributed by atoms with E-state index >= 15 is 0 Å². The summed E-state index contributed by atoms with van der Waals surface area (Å²) in [5.74, 6) is 0. The summed E-state index contributed by atoms with van der Waals surface area (Å²) >= 11 is 0. The van der Waals surface area contributed by atoms with Crippen LogP contribution in [0.3, 0.4) is 0 Å². The van der Waals surface area contributed by atoms with Gasteiger partial charge in [-0.25, -0.2) is 13.1 Å². The summed E-state index contributed by atoms with van der Waals surface area (Å²) < 4.78 is 27.3. The van der Waals surface area contributed by atoms with Gasteiger partial charge in [-0.2, -0.15) is 5.10 Å². The summed E-state index contributed by atoms with van der Waals surface area (Å²) in [5.41, 5.74) is 1.10. The predicted octanol–water partition coefficient (Wildman–Crippen LogP) is 0.0576. The maximum Gasteiger partial charge on any atom is 0.244 e. The van der Waals surface area contributed by atoms with Gasteiger partial charge in [0.15, 0.2) is 0 Å². The quantitative estimate of drug-likeness (QED) is 0.561. The van der Waals surface area contributed by atoms with Gasteiger partial charge in [-0.1, -0.05) is 6.92 Å². The van der Waals surface area contributed by atoms with Crippen LogP contribution in [0.5, 0.6) is 0 Å². The highest BCUT2D eigenvalue weighted by Gasteiger charge is 2.23. The number of nitrogens with zero attached hydrogens (tertiary/aromatic N) is 2. The first-order valence-corrected chi connectivity index (χ1v) is 8.25. The number of likely N-dealkylation sites (N-methyl/N-ethyl adjacent to an activating group) is 1. The Bertz CT molecular complexity index is 510. The van der Waals surface area contributed by atoms with Gasteiger partial charge < -0.3 is 10.2 Å². The maximum atomic E-state index is 12.3. The van der Waals surface area contributed by atoms with E-state index in [0.29, 0.717) is 31.0 Å². The van der Waals surface area contributed by atoms with Crippen molar-refractivity contribution < 1.29 is 8.42 Å². The third-order valence-corrected chi connectivity index (χ3v) is 4.46. The number of aryl methyl sites for hydroxylation is 1. The van der Waals surface area contributed by atoms with E-state index in [2.05, 4.69) is 27.2 Å². The molecule has 0 spiro atoms. The van der Waals surface area contributed by atoms with Crippen LogP contribution in [-0.2, 0) is 16.6 Å². The van der Waals surface area contributed by atoms with Crippen molar-refractivity contribution in [1.29, 1.82) is 0 Å². The summed E-state index contributed by atoms with van der Waals surface area (Å²) in [7, 11) is 0.279. The molecule has 0 saturated carbocycles. The van der Waals surface area contributed by atoms with Crippen LogP contribution in [0.4, 0.5) is 0 Å². The highest BCUT2D eigenvalue weighted by molar-refractivity contribution is 7.89. The third-order valence-electron chi connectivity index (χ3n) is 2.80. The summed E-state index contributed by atoms with van der Waals surface area (Å²) in [6.07, 6.45) is 0.993. The SMILES string of the molecule is CCCNCc1n[nH]c(C)c1S(=O)(=O)NCCN(C)C. The minimum absolute atomic E-state index is 0.264. The normalized spacial score (nSPS) is 12.2. The number of aromatic nitrogens is 2. The van der Waals surface area contributed by atoms with Gasteiger partial charge >= 0.3 is 0 Å². The van der Waals surface area contributed by atoms with Gasteiger partial charge in [-0.3, -0.25) is 5.10 Å². The summed E-state index contributed by atoms with van der Waals surface area (Å²) in [6, 6.07) is 0. The molecule has 3 N–H and O–H groups in total. The molecule has 0 amide bonds. The van der Waals surface area contributed by atoms with Gasteiger partial charge in [0.1, 0.15) is 4.90 Å². The predicted molar refractivity (Wildman–Crippen MR) is 79.1 cm³/mol. The molecule has 0 aliphatic heterocycles. The standard InChI is InChI=1S/C12H25N5O2S/c1-5-6-13-9-11-12(10(2)15-16-11)20(18,19)14-7-8-17(3)4/h13-14H,5-9H2,1-4H3,(H,15,16). The average Bonchev–Trinajstić information content (AvgIpc) is 2.71. The highest BCUT2D eigenvalue weighted by atomic mass is 32.2. The molecule has 1 aromatic rings. The van der Waals surface area contributed by atoms with Crippen LogP contribution >= 0.6 is 0 Å². The van der Waals surface area contributed by atoms with Crippen LogP contribution in [-0.4, -0.2) is 57.2 Å². The van der Waals surface area contributed by atoms with Crippen LogP contribution < -0.4 is 10.0 Å². The van der Waals surface area contributed by atoms with Crippen molar-refractivity contribution in [2.75, 3.05) is 33.7 Å². The summed E-state index contributed by atoms with van der Waals surface area (Å²) in [5, 5.41) is 10.00. The second kappa shape index (κ2) is 7.72. The van der Waals surface area contributed by atoms with Crippen molar-refractivity contribution in [2.24, 2.45) is 0 Å². The van der Waals surface area contributed by atoms with Gasteiger partial charge in [0.05, 0.1) is 11.4 Å². The van der Waals surface area contributed by atoms with Crippen LogP contribution in [0.2, 0.25) is 0 Å². The summed E-state index contributed by atoms with van der Waals surface area (Å²) in [4.78, 5) is 2.19. The van der Waals surface area contributed by atoms with Crippen molar-refractivity contribution in [3.63, 3.8) is 0 Å². The molecule has 1 aromatic heterocycles. The lowest BCUT2D eigenvalue weighted by Crippen LogP contribution is -2.32. The largest absolute Gasteiger partial charge is 0.311 e. The molecule has 0 fully saturated rings. The zero-order valence-electron chi connectivity index (χ0n) is 12.7. The fraction of sp³-hybridized carbons (Fsp3) is 0.750.